The summed E-state index contributed by atoms with van der Waals surface area (Å²) in [7, 11) is 8.23. The molecule has 18 atom stereocenters. The number of aliphatic hydroxyl groups excluding tert-OH is 2. The number of benzene rings is 2. The summed E-state index contributed by atoms with van der Waals surface area (Å²) < 4.78 is 56.2. The maximum atomic E-state index is 14.6. The predicted octanol–water partition coefficient (Wildman–Crippen LogP) is 5.07. The lowest BCUT2D eigenvalue weighted by Crippen LogP contribution is -2.62. The van der Waals surface area contributed by atoms with E-state index in [-0.39, 0.29) is 42.8 Å². The number of H-pyrrole nitrogens is 1. The van der Waals surface area contributed by atoms with Crippen molar-refractivity contribution in [3.63, 3.8) is 0 Å². The Balaban J connectivity index is 1.25. The number of aromatic amines is 1. The average Bonchev–Trinajstić information content (AvgIpc) is 3.82. The number of amides is 2. The van der Waals surface area contributed by atoms with Crippen molar-refractivity contribution in [1.82, 2.24) is 25.7 Å². The van der Waals surface area contributed by atoms with Gasteiger partial charge in [-0.1, -0.05) is 27.7 Å². The highest BCUT2D eigenvalue weighted by Gasteiger charge is 2.55. The van der Waals surface area contributed by atoms with Gasteiger partial charge in [0, 0.05) is 55.6 Å². The third kappa shape index (κ3) is 13.0. The number of hydrogen-bond donors (Lipinski definition) is 6. The number of likely N-dealkylation sites (N-methyl/N-ethyl adjacent to an activating group) is 1. The molecular formula is C54H81N5O16. The van der Waals surface area contributed by atoms with E-state index in [4.69, 9.17) is 42.6 Å². The number of cyclic esters (lactones) is 1. The fourth-order valence-electron chi connectivity index (χ4n) is 11.2. The Bertz CT molecular complexity index is 2440. The quantitative estimate of drug-likeness (QED) is 0.102. The van der Waals surface area contributed by atoms with Gasteiger partial charge in [0.2, 0.25) is 0 Å². The maximum Gasteiger partial charge on any atom is 0.426 e. The zero-order chi connectivity index (χ0) is 55.5. The minimum Gasteiger partial charge on any atom is -0.497 e. The van der Waals surface area contributed by atoms with Crippen LogP contribution in [0.1, 0.15) is 105 Å². The number of hydrogen-bond acceptors (Lipinski definition) is 18. The summed E-state index contributed by atoms with van der Waals surface area (Å²) in [5.41, 5.74) is 2.32. The van der Waals surface area contributed by atoms with Crippen LogP contribution in [0.5, 0.6) is 5.75 Å². The van der Waals surface area contributed by atoms with Crippen LogP contribution >= 0.6 is 0 Å². The second-order valence-corrected chi connectivity index (χ2v) is 21.6. The number of Topliss-reactive ketones (excluding diaryl/α,β-unsaturated/α-hetero) is 1. The first-order valence-electron chi connectivity index (χ1n) is 25.8. The normalized spacial score (nSPS) is 37.3. The Kier molecular flexibility index (Phi) is 19.2. The van der Waals surface area contributed by atoms with Gasteiger partial charge < -0.3 is 67.8 Å². The molecule has 2 aromatic carbocycles. The molecule has 1 aromatic heterocycles. The van der Waals surface area contributed by atoms with Crippen LogP contribution in [-0.2, 0) is 47.5 Å². The van der Waals surface area contributed by atoms with Crippen molar-refractivity contribution in [2.24, 2.45) is 23.7 Å². The van der Waals surface area contributed by atoms with Gasteiger partial charge in [-0.3, -0.25) is 19.8 Å². The molecule has 75 heavy (non-hydrogen) atoms. The summed E-state index contributed by atoms with van der Waals surface area (Å²) in [6, 6.07) is 11.9. The second-order valence-electron chi connectivity index (χ2n) is 21.6. The third-order valence-corrected chi connectivity index (χ3v) is 15.8. The average molecular weight is 1060 g/mol. The van der Waals surface area contributed by atoms with Gasteiger partial charge in [-0.05, 0) is 117 Å². The highest BCUT2D eigenvalue weighted by Crippen LogP contribution is 2.42. The van der Waals surface area contributed by atoms with E-state index < -0.39 is 114 Å². The SMILES string of the molecule is CC[C@H]1OC(=O)[C@H](C)[C@@H](O[C@H]2C[C@@](C)(OC)[C@@H](OC(=O)NNC(=O)c3ccc4nc(-c5ccc(OC)cc5)[nH]c4c3)[C@H](C)O2)[C@H](C)[C@@H](O[C@@H]2O[C@H](C)C[C@H](N(C)C)[C@H]2O)[C@](C)(OC)C[C@@H](C)C(=O)[C@H](C)[C@@H](O)[C@]1(C)O. The van der Waals surface area contributed by atoms with Crippen LogP contribution in [0.15, 0.2) is 42.5 Å². The van der Waals surface area contributed by atoms with Crippen LogP contribution in [0.2, 0.25) is 0 Å². The van der Waals surface area contributed by atoms with E-state index in [0.29, 0.717) is 29.0 Å². The summed E-state index contributed by atoms with van der Waals surface area (Å²) in [5.74, 6) is -4.28. The molecule has 21 nitrogen and oxygen atoms in total. The molecule has 4 heterocycles. The Hall–Kier alpha value is -4.81. The van der Waals surface area contributed by atoms with Crippen LogP contribution < -0.4 is 15.6 Å². The molecule has 3 aromatic rings. The van der Waals surface area contributed by atoms with Gasteiger partial charge in [0.05, 0.1) is 60.2 Å². The van der Waals surface area contributed by atoms with E-state index in [1.807, 2.05) is 50.2 Å². The topological polar surface area (TPSA) is 268 Å². The molecule has 21 heteroatoms. The van der Waals surface area contributed by atoms with Crippen LogP contribution in [0.4, 0.5) is 4.79 Å². The molecular weight excluding hydrogens is 975 g/mol. The van der Waals surface area contributed by atoms with Crippen LogP contribution in [-0.4, -0.2) is 174 Å². The van der Waals surface area contributed by atoms with E-state index in [2.05, 4.69) is 20.8 Å². The van der Waals surface area contributed by atoms with Crippen molar-refractivity contribution in [2.45, 2.75) is 179 Å². The van der Waals surface area contributed by atoms with Gasteiger partial charge in [0.25, 0.3) is 5.91 Å². The maximum absolute atomic E-state index is 14.6. The molecule has 0 spiro atoms. The zero-order valence-corrected chi connectivity index (χ0v) is 46.1. The zero-order valence-electron chi connectivity index (χ0n) is 46.1. The predicted molar refractivity (Wildman–Crippen MR) is 274 cm³/mol. The van der Waals surface area contributed by atoms with E-state index in [1.54, 1.807) is 73.8 Å². The number of methoxy groups -OCH3 is 3. The number of imidazole rings is 1. The van der Waals surface area contributed by atoms with Gasteiger partial charge >= 0.3 is 12.1 Å². The minimum absolute atomic E-state index is 0.0424. The molecule has 418 valence electrons. The molecule has 3 saturated heterocycles. The molecule has 0 aliphatic carbocycles. The first-order valence-corrected chi connectivity index (χ1v) is 25.8. The number of ether oxygens (including phenoxy) is 9. The highest BCUT2D eigenvalue weighted by molar-refractivity contribution is 5.98. The molecule has 0 bridgehead atoms. The standard InChI is InChI=1S/C54H81N5O16/c1-16-39-54(10,66)44(62)29(4)41(60)27(2)25-52(8,68-14)45(74-50-42(61)38(59(11)12)23-28(3)70-50)30(5)43(31(6)49(64)72-39)73-40-26-53(9,69-15)46(32(7)71-40)75-51(65)58-57-48(63)34-19-22-36-37(24-34)56-47(55-36)33-17-20-35(67-13)21-18-33/h17-22,24,27-32,38-40,42-46,50,61-62,66H,16,23,25-26H2,1-15H3,(H,55,56)(H,57,63)(H,58,65)/t27-,28-,29+,30+,31-,32+,38+,39-,40+,42-,43+,44-,45-,46+,50+,52-,53-,54-/m1/s1. The Labute approximate surface area is 439 Å². The van der Waals surface area contributed by atoms with Gasteiger partial charge in [-0.25, -0.2) is 15.2 Å². The van der Waals surface area contributed by atoms with E-state index >= 15 is 0 Å². The molecule has 0 saturated carbocycles. The van der Waals surface area contributed by atoms with Crippen LogP contribution in [0.25, 0.3) is 22.4 Å². The lowest BCUT2D eigenvalue weighted by atomic mass is 9.74. The van der Waals surface area contributed by atoms with Crippen LogP contribution in [0.3, 0.4) is 0 Å². The lowest BCUT2D eigenvalue weighted by molar-refractivity contribution is -0.319. The van der Waals surface area contributed by atoms with Gasteiger partial charge in [0.1, 0.15) is 40.8 Å². The monoisotopic (exact) mass is 1060 g/mol. The molecule has 6 N–H and O–H groups in total. The Morgan fingerprint density at radius 2 is 1.52 bits per heavy atom. The van der Waals surface area contributed by atoms with E-state index in [9.17, 15) is 34.5 Å². The fraction of sp³-hybridized carbons (Fsp3) is 0.685. The fourth-order valence-corrected chi connectivity index (χ4v) is 11.2. The second kappa shape index (κ2) is 24.2. The smallest absolute Gasteiger partial charge is 0.426 e. The number of esters is 1. The third-order valence-electron chi connectivity index (χ3n) is 15.8. The largest absolute Gasteiger partial charge is 0.497 e. The number of carbonyl (C=O) groups excluding carboxylic acids is 4. The molecule has 0 radical (unpaired) electrons. The molecule has 3 aliphatic heterocycles. The molecule has 3 aliphatic rings. The Morgan fingerprint density at radius 1 is 0.867 bits per heavy atom. The number of ketones is 1. The molecule has 3 fully saturated rings. The number of carbonyl (C=O) groups is 4. The van der Waals surface area contributed by atoms with Gasteiger partial charge in [0.15, 0.2) is 18.7 Å². The number of aromatic nitrogens is 2. The number of nitrogens with one attached hydrogen (secondary N) is 3. The summed E-state index contributed by atoms with van der Waals surface area (Å²) in [4.78, 5) is 65.3. The number of rotatable bonds is 12. The summed E-state index contributed by atoms with van der Waals surface area (Å²) in [6.07, 6.45) is -11.2. The highest BCUT2D eigenvalue weighted by atomic mass is 16.7. The van der Waals surface area contributed by atoms with E-state index in [1.165, 1.54) is 28.1 Å². The van der Waals surface area contributed by atoms with Crippen molar-refractivity contribution in [3.8, 4) is 17.1 Å². The number of aliphatic hydroxyl groups is 3. The van der Waals surface area contributed by atoms with Crippen molar-refractivity contribution in [3.05, 3.63) is 48.0 Å². The van der Waals surface area contributed by atoms with E-state index in [0.717, 1.165) is 5.56 Å². The van der Waals surface area contributed by atoms with Crippen LogP contribution in [0, 0.1) is 23.7 Å². The summed E-state index contributed by atoms with van der Waals surface area (Å²) >= 11 is 0. The minimum atomic E-state index is -2.04. The number of nitrogens with zero attached hydrogens (tertiary/aromatic N) is 2. The van der Waals surface area contributed by atoms with Crippen molar-refractivity contribution in [1.29, 1.82) is 0 Å². The summed E-state index contributed by atoms with van der Waals surface area (Å²) in [6.45, 7) is 16.7. The molecule has 0 unspecified atom stereocenters. The van der Waals surface area contributed by atoms with Gasteiger partial charge in [-0.2, -0.15) is 0 Å². The number of hydrazine groups is 1. The Morgan fingerprint density at radius 3 is 2.13 bits per heavy atom. The first kappa shape index (κ1) is 59.4. The molecule has 6 rings (SSSR count). The van der Waals surface area contributed by atoms with Crippen molar-refractivity contribution >= 4 is 34.8 Å². The first-order chi connectivity index (χ1) is 35.2. The summed E-state index contributed by atoms with van der Waals surface area (Å²) in [5, 5.41) is 35.3. The molecule has 2 amide bonds. The van der Waals surface area contributed by atoms with Crippen molar-refractivity contribution in [2.75, 3.05) is 35.4 Å². The lowest BCUT2D eigenvalue weighted by Gasteiger charge is -2.50. The van der Waals surface area contributed by atoms with Gasteiger partial charge in [-0.15, -0.1) is 0 Å². The number of fused-ring (bicyclic) bond motifs is 1. The van der Waals surface area contributed by atoms with Crippen molar-refractivity contribution < 1.29 is 77.1 Å².